The summed E-state index contributed by atoms with van der Waals surface area (Å²) in [6.07, 6.45) is 2.38. The lowest BCUT2D eigenvalue weighted by Crippen LogP contribution is -2.48. The van der Waals surface area contributed by atoms with E-state index in [1.807, 2.05) is 12.1 Å². The minimum atomic E-state index is 0.335. The van der Waals surface area contributed by atoms with E-state index in [2.05, 4.69) is 9.88 Å². The van der Waals surface area contributed by atoms with E-state index in [0.717, 1.165) is 31.6 Å². The number of likely N-dealkylation sites (tertiary alicyclic amines) is 1. The molecule has 0 amide bonds. The van der Waals surface area contributed by atoms with Crippen LogP contribution >= 0.6 is 11.6 Å². The van der Waals surface area contributed by atoms with Gasteiger partial charge in [-0.05, 0) is 25.0 Å². The third-order valence-electron chi connectivity index (χ3n) is 3.53. The Kier molecular flexibility index (Phi) is 4.95. The first-order valence-electron chi connectivity index (χ1n) is 6.31. The summed E-state index contributed by atoms with van der Waals surface area (Å²) < 4.78 is 5.42. The molecule has 100 valence electrons. The Morgan fingerprint density at radius 2 is 2.39 bits per heavy atom. The first kappa shape index (κ1) is 13.7. The van der Waals surface area contributed by atoms with Crippen LogP contribution in [0, 0.1) is 0 Å². The normalized spacial score (nSPS) is 25.3. The fourth-order valence-electron chi connectivity index (χ4n) is 2.48. The van der Waals surface area contributed by atoms with E-state index >= 15 is 0 Å². The van der Waals surface area contributed by atoms with Gasteiger partial charge >= 0.3 is 0 Å². The van der Waals surface area contributed by atoms with Gasteiger partial charge in [-0.25, -0.2) is 4.98 Å². The molecule has 0 aromatic carbocycles. The van der Waals surface area contributed by atoms with Crippen molar-refractivity contribution in [3.8, 4) is 0 Å². The summed E-state index contributed by atoms with van der Waals surface area (Å²) in [4.78, 5) is 6.70. The Morgan fingerprint density at radius 1 is 1.56 bits per heavy atom. The van der Waals surface area contributed by atoms with Crippen molar-refractivity contribution in [3.05, 3.63) is 29.0 Å². The van der Waals surface area contributed by atoms with Crippen LogP contribution in [0.3, 0.4) is 0 Å². The number of piperidine rings is 1. The van der Waals surface area contributed by atoms with Crippen molar-refractivity contribution in [2.75, 3.05) is 20.2 Å². The van der Waals surface area contributed by atoms with E-state index in [1.54, 1.807) is 13.2 Å². The summed E-state index contributed by atoms with van der Waals surface area (Å²) in [6.45, 7) is 2.45. The van der Waals surface area contributed by atoms with Gasteiger partial charge in [0.15, 0.2) is 0 Å². The second-order valence-electron chi connectivity index (χ2n) is 4.69. The van der Waals surface area contributed by atoms with Crippen molar-refractivity contribution in [1.82, 2.24) is 9.88 Å². The van der Waals surface area contributed by atoms with Crippen molar-refractivity contribution in [2.24, 2.45) is 5.73 Å². The van der Waals surface area contributed by atoms with Crippen LogP contribution in [-0.4, -0.2) is 42.2 Å². The third-order valence-corrected chi connectivity index (χ3v) is 3.74. The fraction of sp³-hybridized carbons (Fsp3) is 0.615. The molecule has 1 aromatic rings. The average Bonchev–Trinajstić information content (AvgIpc) is 2.39. The molecular formula is C13H20ClN3O. The maximum atomic E-state index is 5.90. The van der Waals surface area contributed by atoms with Crippen LogP contribution in [0.2, 0.25) is 5.15 Å². The van der Waals surface area contributed by atoms with E-state index in [-0.39, 0.29) is 0 Å². The van der Waals surface area contributed by atoms with Crippen molar-refractivity contribution >= 4 is 11.6 Å². The molecule has 2 unspecified atom stereocenters. The van der Waals surface area contributed by atoms with Gasteiger partial charge in [0.1, 0.15) is 5.15 Å². The summed E-state index contributed by atoms with van der Waals surface area (Å²) in [5.41, 5.74) is 6.85. The number of nitrogens with zero attached hydrogens (tertiary/aromatic N) is 2. The second-order valence-corrected chi connectivity index (χ2v) is 5.08. The van der Waals surface area contributed by atoms with Crippen LogP contribution in [0.15, 0.2) is 18.2 Å². The molecular weight excluding hydrogens is 250 g/mol. The summed E-state index contributed by atoms with van der Waals surface area (Å²) in [5.74, 6) is 0. The van der Waals surface area contributed by atoms with Gasteiger partial charge in [-0.2, -0.15) is 0 Å². The molecule has 2 heterocycles. The van der Waals surface area contributed by atoms with Gasteiger partial charge in [-0.1, -0.05) is 17.7 Å². The van der Waals surface area contributed by atoms with Crippen molar-refractivity contribution in [3.63, 3.8) is 0 Å². The van der Waals surface area contributed by atoms with Crippen LogP contribution in [0.1, 0.15) is 18.5 Å². The maximum absolute atomic E-state index is 5.90. The van der Waals surface area contributed by atoms with Crippen LogP contribution in [0.4, 0.5) is 0 Å². The van der Waals surface area contributed by atoms with E-state index < -0.39 is 0 Å². The molecule has 0 aliphatic carbocycles. The topological polar surface area (TPSA) is 51.4 Å². The zero-order valence-corrected chi connectivity index (χ0v) is 11.4. The van der Waals surface area contributed by atoms with E-state index in [4.69, 9.17) is 22.1 Å². The molecule has 1 saturated heterocycles. The predicted molar refractivity (Wildman–Crippen MR) is 72.5 cm³/mol. The molecule has 18 heavy (non-hydrogen) atoms. The average molecular weight is 270 g/mol. The number of nitrogens with two attached hydrogens (primary N) is 1. The Hall–Kier alpha value is -0.680. The standard InChI is InChI=1S/C13H20ClN3O/c1-18-12-5-6-17(11(7-12)8-15)9-10-3-2-4-13(14)16-10/h2-4,11-12H,5-9,15H2,1H3. The van der Waals surface area contributed by atoms with E-state index in [1.165, 1.54) is 0 Å². The fourth-order valence-corrected chi connectivity index (χ4v) is 2.66. The zero-order valence-electron chi connectivity index (χ0n) is 10.7. The van der Waals surface area contributed by atoms with Gasteiger partial charge < -0.3 is 10.5 Å². The molecule has 5 heteroatoms. The maximum Gasteiger partial charge on any atom is 0.129 e. The summed E-state index contributed by atoms with van der Waals surface area (Å²) in [7, 11) is 1.77. The number of pyridine rings is 1. The molecule has 4 nitrogen and oxygen atoms in total. The molecule has 2 rings (SSSR count). The highest BCUT2D eigenvalue weighted by molar-refractivity contribution is 6.29. The molecule has 1 aliphatic heterocycles. The molecule has 1 fully saturated rings. The van der Waals surface area contributed by atoms with Gasteiger partial charge in [0.05, 0.1) is 11.8 Å². The molecule has 0 bridgehead atoms. The lowest BCUT2D eigenvalue weighted by Gasteiger charge is -2.38. The van der Waals surface area contributed by atoms with E-state index in [9.17, 15) is 0 Å². The highest BCUT2D eigenvalue weighted by atomic mass is 35.5. The molecule has 0 spiro atoms. The zero-order chi connectivity index (χ0) is 13.0. The number of hydrogen-bond donors (Lipinski definition) is 1. The largest absolute Gasteiger partial charge is 0.381 e. The minimum Gasteiger partial charge on any atom is -0.381 e. The number of ether oxygens (including phenoxy) is 1. The van der Waals surface area contributed by atoms with Crippen molar-refractivity contribution in [1.29, 1.82) is 0 Å². The van der Waals surface area contributed by atoms with Crippen LogP contribution in [0.5, 0.6) is 0 Å². The summed E-state index contributed by atoms with van der Waals surface area (Å²) in [6, 6.07) is 6.10. The van der Waals surface area contributed by atoms with Gasteiger partial charge in [0.25, 0.3) is 0 Å². The Morgan fingerprint density at radius 3 is 3.06 bits per heavy atom. The molecule has 2 atom stereocenters. The number of rotatable bonds is 4. The second kappa shape index (κ2) is 6.48. The monoisotopic (exact) mass is 269 g/mol. The van der Waals surface area contributed by atoms with Crippen molar-refractivity contribution in [2.45, 2.75) is 31.5 Å². The number of halogens is 1. The lowest BCUT2D eigenvalue weighted by atomic mass is 9.99. The molecule has 2 N–H and O–H groups in total. The highest BCUT2D eigenvalue weighted by Gasteiger charge is 2.27. The van der Waals surface area contributed by atoms with Gasteiger partial charge in [-0.15, -0.1) is 0 Å². The smallest absolute Gasteiger partial charge is 0.129 e. The quantitative estimate of drug-likeness (QED) is 0.845. The molecule has 1 aromatic heterocycles. The van der Waals surface area contributed by atoms with Gasteiger partial charge in [0.2, 0.25) is 0 Å². The third kappa shape index (κ3) is 3.42. The molecule has 0 saturated carbocycles. The first-order valence-corrected chi connectivity index (χ1v) is 6.69. The lowest BCUT2D eigenvalue weighted by molar-refractivity contribution is 0.00978. The van der Waals surface area contributed by atoms with Gasteiger partial charge in [0, 0.05) is 32.8 Å². The molecule has 0 radical (unpaired) electrons. The van der Waals surface area contributed by atoms with Crippen LogP contribution < -0.4 is 5.73 Å². The number of hydrogen-bond acceptors (Lipinski definition) is 4. The van der Waals surface area contributed by atoms with Crippen LogP contribution in [0.25, 0.3) is 0 Å². The highest BCUT2D eigenvalue weighted by Crippen LogP contribution is 2.21. The summed E-state index contributed by atoms with van der Waals surface area (Å²) >= 11 is 5.90. The number of aromatic nitrogens is 1. The Bertz CT molecular complexity index is 388. The minimum absolute atomic E-state index is 0.335. The van der Waals surface area contributed by atoms with Crippen LogP contribution in [-0.2, 0) is 11.3 Å². The molecule has 1 aliphatic rings. The van der Waals surface area contributed by atoms with Gasteiger partial charge in [-0.3, -0.25) is 4.90 Å². The SMILES string of the molecule is COC1CCN(Cc2cccc(Cl)n2)C(CN)C1. The first-order chi connectivity index (χ1) is 8.72. The number of methoxy groups -OCH3 is 1. The summed E-state index contributed by atoms with van der Waals surface area (Å²) in [5, 5.41) is 0.545. The predicted octanol–water partition coefficient (Wildman–Crippen LogP) is 1.67. The Labute approximate surface area is 113 Å². The van der Waals surface area contributed by atoms with E-state index in [0.29, 0.717) is 23.8 Å². The van der Waals surface area contributed by atoms with Crippen molar-refractivity contribution < 1.29 is 4.74 Å². The Balaban J connectivity index is 2.00.